The average Bonchev–Trinajstić information content (AvgIpc) is 2.44. The highest BCUT2D eigenvalue weighted by molar-refractivity contribution is 5.82. The van der Waals surface area contributed by atoms with Gasteiger partial charge in [0.2, 0.25) is 5.91 Å². The molecule has 1 unspecified atom stereocenters. The summed E-state index contributed by atoms with van der Waals surface area (Å²) in [7, 11) is 0. The lowest BCUT2D eigenvalue weighted by Gasteiger charge is -2.16. The number of carbonyl (C=O) groups is 2. The number of unbranched alkanes of at least 4 members (excludes halogenated alkanes) is 1. The summed E-state index contributed by atoms with van der Waals surface area (Å²) >= 11 is 0. The van der Waals surface area contributed by atoms with Crippen molar-refractivity contribution in [3.05, 3.63) is 35.9 Å². The number of carboxylic acid groups (broad SMARTS) is 1. The van der Waals surface area contributed by atoms with Gasteiger partial charge in [-0.05, 0) is 18.9 Å². The topological polar surface area (TPSA) is 66.4 Å². The lowest BCUT2D eigenvalue weighted by molar-refractivity contribution is -0.144. The zero-order valence-electron chi connectivity index (χ0n) is 12.1. The van der Waals surface area contributed by atoms with Crippen LogP contribution in [0.5, 0.6) is 0 Å². The summed E-state index contributed by atoms with van der Waals surface area (Å²) in [6.45, 7) is 3.91. The van der Waals surface area contributed by atoms with E-state index in [1.54, 1.807) is 0 Å². The summed E-state index contributed by atoms with van der Waals surface area (Å²) in [5.74, 6) is -1.68. The first-order chi connectivity index (χ1) is 9.54. The molecule has 0 bridgehead atoms. The van der Waals surface area contributed by atoms with Gasteiger partial charge in [0.1, 0.15) is 0 Å². The molecular formula is C16H23NO3. The summed E-state index contributed by atoms with van der Waals surface area (Å²) in [6, 6.07) is 9.53. The van der Waals surface area contributed by atoms with Gasteiger partial charge >= 0.3 is 5.97 Å². The SMILES string of the molecule is CCCCC(CC(=O)N[C@H](C)c1ccccc1)C(=O)O. The molecule has 1 aromatic carbocycles. The van der Waals surface area contributed by atoms with Gasteiger partial charge in [-0.2, -0.15) is 0 Å². The molecule has 0 aliphatic carbocycles. The maximum atomic E-state index is 11.9. The van der Waals surface area contributed by atoms with Crippen LogP contribution < -0.4 is 5.32 Å². The van der Waals surface area contributed by atoms with Gasteiger partial charge in [0.05, 0.1) is 12.0 Å². The van der Waals surface area contributed by atoms with Crippen molar-refractivity contribution in [2.24, 2.45) is 5.92 Å². The normalized spacial score (nSPS) is 13.5. The maximum absolute atomic E-state index is 11.9. The zero-order chi connectivity index (χ0) is 15.0. The van der Waals surface area contributed by atoms with Crippen LogP contribution in [0.3, 0.4) is 0 Å². The molecule has 0 radical (unpaired) electrons. The number of benzene rings is 1. The van der Waals surface area contributed by atoms with Crippen molar-refractivity contribution in [3.8, 4) is 0 Å². The number of rotatable bonds is 8. The van der Waals surface area contributed by atoms with Crippen LogP contribution in [0.25, 0.3) is 0 Å². The van der Waals surface area contributed by atoms with E-state index in [4.69, 9.17) is 5.11 Å². The minimum atomic E-state index is -0.888. The molecule has 4 nitrogen and oxygen atoms in total. The van der Waals surface area contributed by atoms with E-state index in [0.29, 0.717) is 6.42 Å². The summed E-state index contributed by atoms with van der Waals surface area (Å²) in [4.78, 5) is 23.0. The third kappa shape index (κ3) is 5.43. The highest BCUT2D eigenvalue weighted by Gasteiger charge is 2.21. The molecule has 0 aliphatic heterocycles. The fraction of sp³-hybridized carbons (Fsp3) is 0.500. The standard InChI is InChI=1S/C16H23NO3/c1-3-4-8-14(16(19)20)11-15(18)17-12(2)13-9-6-5-7-10-13/h5-7,9-10,12,14H,3-4,8,11H2,1-2H3,(H,17,18)(H,19,20)/t12-,14?/m1/s1. The van der Waals surface area contributed by atoms with Crippen LogP contribution in [0.15, 0.2) is 30.3 Å². The molecule has 1 amide bonds. The van der Waals surface area contributed by atoms with Gasteiger partial charge in [0, 0.05) is 6.42 Å². The monoisotopic (exact) mass is 277 g/mol. The third-order valence-corrected chi connectivity index (χ3v) is 3.36. The molecule has 0 aliphatic rings. The number of hydrogen-bond donors (Lipinski definition) is 2. The summed E-state index contributed by atoms with van der Waals surface area (Å²) < 4.78 is 0. The number of hydrogen-bond acceptors (Lipinski definition) is 2. The lowest BCUT2D eigenvalue weighted by Crippen LogP contribution is -2.30. The van der Waals surface area contributed by atoms with Gasteiger partial charge in [-0.1, -0.05) is 50.1 Å². The van der Waals surface area contributed by atoms with Crippen molar-refractivity contribution in [2.75, 3.05) is 0 Å². The fourth-order valence-corrected chi connectivity index (χ4v) is 2.11. The van der Waals surface area contributed by atoms with Crippen LogP contribution in [-0.2, 0) is 9.59 Å². The molecule has 1 aromatic rings. The van der Waals surface area contributed by atoms with E-state index >= 15 is 0 Å². The Morgan fingerprint density at radius 2 is 1.90 bits per heavy atom. The Morgan fingerprint density at radius 3 is 2.45 bits per heavy atom. The maximum Gasteiger partial charge on any atom is 0.307 e. The van der Waals surface area contributed by atoms with Crippen LogP contribution in [0, 0.1) is 5.92 Å². The number of nitrogens with one attached hydrogen (secondary N) is 1. The molecule has 0 aromatic heterocycles. The summed E-state index contributed by atoms with van der Waals surface area (Å²) in [5, 5.41) is 12.0. The van der Waals surface area contributed by atoms with Gasteiger partial charge in [0.15, 0.2) is 0 Å². The Hall–Kier alpha value is -1.84. The third-order valence-electron chi connectivity index (χ3n) is 3.36. The first kappa shape index (κ1) is 16.2. The van der Waals surface area contributed by atoms with E-state index in [1.807, 2.05) is 44.2 Å². The molecule has 2 atom stereocenters. The molecule has 110 valence electrons. The molecule has 1 rings (SSSR count). The first-order valence-corrected chi connectivity index (χ1v) is 7.11. The summed E-state index contributed by atoms with van der Waals surface area (Å²) in [5.41, 5.74) is 1.02. The van der Waals surface area contributed by atoms with Gasteiger partial charge < -0.3 is 10.4 Å². The number of carbonyl (C=O) groups excluding carboxylic acids is 1. The number of aliphatic carboxylic acids is 1. The Labute approximate surface area is 120 Å². The van der Waals surface area contributed by atoms with Crippen LogP contribution in [0.1, 0.15) is 51.1 Å². The number of amides is 1. The van der Waals surface area contributed by atoms with E-state index in [9.17, 15) is 9.59 Å². The molecular weight excluding hydrogens is 254 g/mol. The predicted octanol–water partition coefficient (Wildman–Crippen LogP) is 3.14. The van der Waals surface area contributed by atoms with Gasteiger partial charge in [-0.3, -0.25) is 9.59 Å². The van der Waals surface area contributed by atoms with Gasteiger partial charge in [0.25, 0.3) is 0 Å². The average molecular weight is 277 g/mol. The molecule has 0 heterocycles. The van der Waals surface area contributed by atoms with Crippen molar-refractivity contribution >= 4 is 11.9 Å². The van der Waals surface area contributed by atoms with E-state index < -0.39 is 11.9 Å². The van der Waals surface area contributed by atoms with E-state index in [0.717, 1.165) is 18.4 Å². The van der Waals surface area contributed by atoms with Crippen molar-refractivity contribution in [2.45, 2.75) is 45.6 Å². The smallest absolute Gasteiger partial charge is 0.307 e. The lowest BCUT2D eigenvalue weighted by atomic mass is 9.98. The molecule has 2 N–H and O–H groups in total. The molecule has 0 saturated carbocycles. The Balaban J connectivity index is 2.51. The van der Waals surface area contributed by atoms with Crippen molar-refractivity contribution in [1.82, 2.24) is 5.32 Å². The van der Waals surface area contributed by atoms with Crippen molar-refractivity contribution < 1.29 is 14.7 Å². The highest BCUT2D eigenvalue weighted by Crippen LogP contribution is 2.15. The second kappa shape index (κ2) is 8.35. The molecule has 4 heteroatoms. The highest BCUT2D eigenvalue weighted by atomic mass is 16.4. The summed E-state index contributed by atoms with van der Waals surface area (Å²) in [6.07, 6.45) is 2.37. The largest absolute Gasteiger partial charge is 0.481 e. The van der Waals surface area contributed by atoms with Crippen LogP contribution >= 0.6 is 0 Å². The molecule has 0 spiro atoms. The van der Waals surface area contributed by atoms with E-state index in [-0.39, 0.29) is 18.4 Å². The fourth-order valence-electron chi connectivity index (χ4n) is 2.11. The van der Waals surface area contributed by atoms with E-state index in [1.165, 1.54) is 0 Å². The van der Waals surface area contributed by atoms with Gasteiger partial charge in [-0.15, -0.1) is 0 Å². The van der Waals surface area contributed by atoms with Crippen molar-refractivity contribution in [3.63, 3.8) is 0 Å². The second-order valence-electron chi connectivity index (χ2n) is 5.08. The van der Waals surface area contributed by atoms with Crippen LogP contribution in [0.4, 0.5) is 0 Å². The Kier molecular flexibility index (Phi) is 6.77. The second-order valence-corrected chi connectivity index (χ2v) is 5.08. The first-order valence-electron chi connectivity index (χ1n) is 7.11. The van der Waals surface area contributed by atoms with Gasteiger partial charge in [-0.25, -0.2) is 0 Å². The Morgan fingerprint density at radius 1 is 1.25 bits per heavy atom. The number of carboxylic acids is 1. The quantitative estimate of drug-likeness (QED) is 0.767. The zero-order valence-corrected chi connectivity index (χ0v) is 12.1. The Bertz CT molecular complexity index is 431. The van der Waals surface area contributed by atoms with Crippen LogP contribution in [0.2, 0.25) is 0 Å². The minimum absolute atomic E-state index is 0.0481. The van der Waals surface area contributed by atoms with E-state index in [2.05, 4.69) is 5.32 Å². The molecule has 0 saturated heterocycles. The van der Waals surface area contributed by atoms with Crippen LogP contribution in [-0.4, -0.2) is 17.0 Å². The minimum Gasteiger partial charge on any atom is -0.481 e. The predicted molar refractivity (Wildman–Crippen MR) is 78.3 cm³/mol. The molecule has 0 fully saturated rings. The molecule has 20 heavy (non-hydrogen) atoms. The van der Waals surface area contributed by atoms with Crippen molar-refractivity contribution in [1.29, 1.82) is 0 Å².